The van der Waals surface area contributed by atoms with Gasteiger partial charge < -0.3 is 5.73 Å². The number of hydrogen-bond acceptors (Lipinski definition) is 4. The first-order chi connectivity index (χ1) is 4.70. The number of nitrogens with two attached hydrogens (primary N) is 1. The zero-order valence-corrected chi connectivity index (χ0v) is 5.16. The van der Waals surface area contributed by atoms with Crippen molar-refractivity contribution in [3.8, 4) is 0 Å². The third-order valence-corrected chi connectivity index (χ3v) is 0.863. The molecule has 0 aliphatic carbocycles. The first-order valence-electron chi connectivity index (χ1n) is 2.56. The van der Waals surface area contributed by atoms with Gasteiger partial charge in [-0.05, 0) is 0 Å². The summed E-state index contributed by atoms with van der Waals surface area (Å²) in [5, 5.41) is 0. The molecule has 0 aromatic carbocycles. The zero-order chi connectivity index (χ0) is 7.98. The quantitative estimate of drug-likeness (QED) is 0.473. The Hall–Kier alpha value is -1.48. The van der Waals surface area contributed by atoms with Crippen LogP contribution in [-0.2, 0) is 14.4 Å². The summed E-state index contributed by atoms with van der Waals surface area (Å²) >= 11 is 0. The summed E-state index contributed by atoms with van der Waals surface area (Å²) in [5.74, 6) is 0.391. The average Bonchev–Trinajstić information content (AvgIpc) is 2.17. The molecule has 0 atom stereocenters. The van der Waals surface area contributed by atoms with E-state index in [-0.39, 0.29) is 12.1 Å². The fourth-order valence-corrected chi connectivity index (χ4v) is 0.507. The van der Waals surface area contributed by atoms with Crippen LogP contribution in [-0.4, -0.2) is 17.9 Å². The van der Waals surface area contributed by atoms with Crippen LogP contribution in [0.2, 0.25) is 0 Å². The van der Waals surface area contributed by atoms with Gasteiger partial charge in [0, 0.05) is 12.8 Å². The van der Waals surface area contributed by atoms with Gasteiger partial charge in [-0.1, -0.05) is 0 Å². The normalized spacial score (nSPS) is 14.8. The first-order valence-corrected chi connectivity index (χ1v) is 2.56. The number of hydrogen-bond donors (Lipinski definition) is 1. The van der Waals surface area contributed by atoms with Gasteiger partial charge in [-0.25, -0.2) is 4.99 Å². The number of aliphatic imine (C=N–C) groups is 1. The van der Waals surface area contributed by atoms with Crippen molar-refractivity contribution in [1.29, 1.82) is 0 Å². The molecule has 1 rings (SSSR count). The van der Waals surface area contributed by atoms with E-state index < -0.39 is 0 Å². The molecule has 0 saturated carbocycles. The van der Waals surface area contributed by atoms with Crippen LogP contribution in [0.15, 0.2) is 4.99 Å². The van der Waals surface area contributed by atoms with Crippen molar-refractivity contribution in [2.45, 2.75) is 12.8 Å². The summed E-state index contributed by atoms with van der Waals surface area (Å²) in [6.45, 7) is 0. The van der Waals surface area contributed by atoms with E-state index >= 15 is 0 Å². The molecule has 5 nitrogen and oxygen atoms in total. The van der Waals surface area contributed by atoms with Gasteiger partial charge in [0.05, 0.1) is 0 Å². The van der Waals surface area contributed by atoms with Gasteiger partial charge >= 0.3 is 6.15 Å². The van der Waals surface area contributed by atoms with Crippen LogP contribution in [0, 0.1) is 0 Å². The second-order valence-electron chi connectivity index (χ2n) is 1.58. The number of carbonyl (C=O) groups excluding carboxylic acids is 3. The molecule has 0 aromatic heterocycles. The van der Waals surface area contributed by atoms with Crippen molar-refractivity contribution in [3.05, 3.63) is 0 Å². The van der Waals surface area contributed by atoms with Crippen LogP contribution < -0.4 is 5.73 Å². The summed E-state index contributed by atoms with van der Waals surface area (Å²) in [5.41, 5.74) is 5.15. The van der Waals surface area contributed by atoms with E-state index in [1.807, 2.05) is 0 Å². The smallest absolute Gasteiger partial charge is 0.373 e. The zero-order valence-electron chi connectivity index (χ0n) is 5.16. The molecule has 54 valence electrons. The van der Waals surface area contributed by atoms with E-state index in [4.69, 9.17) is 15.3 Å². The van der Waals surface area contributed by atoms with Gasteiger partial charge in [0.25, 0.3) is 0 Å². The van der Waals surface area contributed by atoms with Crippen molar-refractivity contribution < 1.29 is 14.4 Å². The third kappa shape index (κ3) is 3.51. The highest BCUT2D eigenvalue weighted by Gasteiger charge is 2.08. The molecule has 0 fully saturated rings. The molecular formula is C5H6N2O3. The molecule has 0 spiro atoms. The summed E-state index contributed by atoms with van der Waals surface area (Å²) < 4.78 is 0. The lowest BCUT2D eigenvalue weighted by Gasteiger charge is -1.76. The predicted octanol–water partition coefficient (Wildman–Crippen LogP) is -0.920. The van der Waals surface area contributed by atoms with E-state index in [9.17, 15) is 4.79 Å². The highest BCUT2D eigenvalue weighted by molar-refractivity contribution is 6.00. The molecule has 1 aliphatic rings. The monoisotopic (exact) mass is 142 g/mol. The van der Waals surface area contributed by atoms with Crippen LogP contribution >= 0.6 is 0 Å². The minimum atomic E-state index is -0.0856. The Morgan fingerprint density at radius 2 is 1.90 bits per heavy atom. The van der Waals surface area contributed by atoms with Crippen LogP contribution in [0.5, 0.6) is 0 Å². The molecule has 5 heteroatoms. The van der Waals surface area contributed by atoms with E-state index in [1.165, 1.54) is 0 Å². The number of carbonyl (C=O) groups is 1. The molecule has 1 aliphatic heterocycles. The molecule has 0 radical (unpaired) electrons. The standard InChI is InChI=1S/C4H6N2O.CO2/c5-3-1-2-4(7)6-3;2-1-3/h1-2H2,(H2,5,6,7);. The van der Waals surface area contributed by atoms with Gasteiger partial charge in [0.1, 0.15) is 5.84 Å². The Morgan fingerprint density at radius 3 is 2.00 bits per heavy atom. The van der Waals surface area contributed by atoms with E-state index in [0.29, 0.717) is 18.7 Å². The van der Waals surface area contributed by atoms with E-state index in [0.717, 1.165) is 0 Å². The van der Waals surface area contributed by atoms with Crippen LogP contribution in [0.1, 0.15) is 12.8 Å². The Balaban J connectivity index is 0.000000236. The van der Waals surface area contributed by atoms with Crippen molar-refractivity contribution in [2.24, 2.45) is 10.7 Å². The number of nitrogens with zero attached hydrogens (tertiary/aromatic N) is 1. The fourth-order valence-electron chi connectivity index (χ4n) is 0.507. The third-order valence-electron chi connectivity index (χ3n) is 0.863. The molecule has 1 amide bonds. The Labute approximate surface area is 56.9 Å². The lowest BCUT2D eigenvalue weighted by atomic mass is 10.3. The SMILES string of the molecule is NC1=NC(=O)CC1.O=C=O. The van der Waals surface area contributed by atoms with Gasteiger partial charge in [0.15, 0.2) is 0 Å². The summed E-state index contributed by atoms with van der Waals surface area (Å²) in [6, 6.07) is 0. The molecule has 0 saturated heterocycles. The fraction of sp³-hybridized carbons (Fsp3) is 0.400. The lowest BCUT2D eigenvalue weighted by molar-refractivity contribution is -0.191. The number of amidine groups is 1. The van der Waals surface area contributed by atoms with Gasteiger partial charge in [-0.3, -0.25) is 4.79 Å². The van der Waals surface area contributed by atoms with Gasteiger partial charge in [-0.2, -0.15) is 9.59 Å². The van der Waals surface area contributed by atoms with Crippen molar-refractivity contribution >= 4 is 17.9 Å². The second kappa shape index (κ2) is 4.40. The molecule has 1 heterocycles. The maximum absolute atomic E-state index is 10.2. The highest BCUT2D eigenvalue weighted by atomic mass is 16.2. The molecular weight excluding hydrogens is 136 g/mol. The van der Waals surface area contributed by atoms with Gasteiger partial charge in [0.2, 0.25) is 5.91 Å². The van der Waals surface area contributed by atoms with Gasteiger partial charge in [-0.15, -0.1) is 0 Å². The second-order valence-corrected chi connectivity index (χ2v) is 1.58. The maximum atomic E-state index is 10.2. The molecule has 10 heavy (non-hydrogen) atoms. The molecule has 2 N–H and O–H groups in total. The minimum Gasteiger partial charge on any atom is -0.387 e. The summed E-state index contributed by atoms with van der Waals surface area (Å²) in [4.78, 5) is 29.9. The Bertz CT molecular complexity index is 191. The van der Waals surface area contributed by atoms with Crippen molar-refractivity contribution in [2.75, 3.05) is 0 Å². The highest BCUT2D eigenvalue weighted by Crippen LogP contribution is 2.00. The van der Waals surface area contributed by atoms with Crippen LogP contribution in [0.25, 0.3) is 0 Å². The largest absolute Gasteiger partial charge is 0.387 e. The molecule has 0 unspecified atom stereocenters. The Kier molecular flexibility index (Phi) is 3.75. The minimum absolute atomic E-state index is 0.0856. The summed E-state index contributed by atoms with van der Waals surface area (Å²) in [7, 11) is 0. The van der Waals surface area contributed by atoms with Crippen molar-refractivity contribution in [3.63, 3.8) is 0 Å². The first kappa shape index (κ1) is 8.52. The lowest BCUT2D eigenvalue weighted by Crippen LogP contribution is -2.05. The van der Waals surface area contributed by atoms with Crippen molar-refractivity contribution in [1.82, 2.24) is 0 Å². The van der Waals surface area contributed by atoms with Crippen LogP contribution in [0.3, 0.4) is 0 Å². The van der Waals surface area contributed by atoms with Crippen LogP contribution in [0.4, 0.5) is 0 Å². The topological polar surface area (TPSA) is 89.6 Å². The molecule has 0 aromatic rings. The average molecular weight is 142 g/mol. The molecule has 0 bridgehead atoms. The number of amides is 1. The maximum Gasteiger partial charge on any atom is 0.373 e. The predicted molar refractivity (Wildman–Crippen MR) is 30.9 cm³/mol. The van der Waals surface area contributed by atoms with E-state index in [1.54, 1.807) is 0 Å². The number of rotatable bonds is 0. The summed E-state index contributed by atoms with van der Waals surface area (Å²) in [6.07, 6.45) is 1.41. The van der Waals surface area contributed by atoms with E-state index in [2.05, 4.69) is 4.99 Å². The Morgan fingerprint density at radius 1 is 1.40 bits per heavy atom.